The molecule has 0 saturated carbocycles. The van der Waals surface area contributed by atoms with Crippen molar-refractivity contribution in [2.45, 2.75) is 30.2 Å². The fraction of sp³-hybridized carbons (Fsp3) is 0.400. The number of nitrogens with zero attached hydrogens (tertiary/aromatic N) is 2. The quantitative estimate of drug-likeness (QED) is 0.934. The Morgan fingerprint density at radius 2 is 2.26 bits per heavy atom. The van der Waals surface area contributed by atoms with E-state index in [1.165, 1.54) is 16.2 Å². The third kappa shape index (κ3) is 2.42. The number of hydrogen-bond acceptors (Lipinski definition) is 3. The van der Waals surface area contributed by atoms with E-state index in [0.29, 0.717) is 5.92 Å². The van der Waals surface area contributed by atoms with Crippen LogP contribution < -0.4 is 5.73 Å². The largest absolute Gasteiger partial charge is 0.327 e. The van der Waals surface area contributed by atoms with Crippen molar-refractivity contribution >= 4 is 11.8 Å². The molecule has 2 aromatic rings. The minimum absolute atomic E-state index is 0.158. The maximum Gasteiger partial charge on any atom is 0.0596 e. The van der Waals surface area contributed by atoms with E-state index < -0.39 is 0 Å². The Balaban J connectivity index is 1.79. The van der Waals surface area contributed by atoms with Crippen LogP contribution in [-0.4, -0.2) is 21.6 Å². The maximum atomic E-state index is 6.45. The van der Waals surface area contributed by atoms with Crippen molar-refractivity contribution in [1.82, 2.24) is 9.78 Å². The molecule has 0 fully saturated rings. The Morgan fingerprint density at radius 3 is 3.00 bits per heavy atom. The third-order valence-corrected chi connectivity index (χ3v) is 5.01. The number of rotatable bonds is 3. The van der Waals surface area contributed by atoms with Gasteiger partial charge in [-0.1, -0.05) is 18.2 Å². The molecule has 0 radical (unpaired) electrons. The zero-order valence-electron chi connectivity index (χ0n) is 11.3. The van der Waals surface area contributed by atoms with Crippen molar-refractivity contribution in [2.75, 3.05) is 5.75 Å². The van der Waals surface area contributed by atoms with E-state index in [9.17, 15) is 0 Å². The summed E-state index contributed by atoms with van der Waals surface area (Å²) in [4.78, 5) is 1.39. The van der Waals surface area contributed by atoms with Crippen LogP contribution in [0.1, 0.15) is 22.9 Å². The van der Waals surface area contributed by atoms with Crippen molar-refractivity contribution in [1.29, 1.82) is 0 Å². The molecule has 3 rings (SSSR count). The fourth-order valence-corrected chi connectivity index (χ4v) is 4.13. The van der Waals surface area contributed by atoms with Gasteiger partial charge in [0.2, 0.25) is 0 Å². The average molecular weight is 273 g/mol. The van der Waals surface area contributed by atoms with Crippen LogP contribution in [0.15, 0.2) is 35.2 Å². The summed E-state index contributed by atoms with van der Waals surface area (Å²) in [7, 11) is 1.99. The van der Waals surface area contributed by atoms with Crippen LogP contribution in [0.25, 0.3) is 0 Å². The summed E-state index contributed by atoms with van der Waals surface area (Å²) < 4.78 is 1.95. The molecule has 0 amide bonds. The Labute approximate surface area is 118 Å². The molecule has 1 aromatic carbocycles. The molecule has 0 bridgehead atoms. The van der Waals surface area contributed by atoms with Gasteiger partial charge in [-0.15, -0.1) is 11.8 Å². The van der Waals surface area contributed by atoms with E-state index in [2.05, 4.69) is 35.4 Å². The lowest BCUT2D eigenvalue weighted by atomic mass is 9.91. The molecule has 4 heteroatoms. The molecule has 1 aliphatic heterocycles. The number of aryl methyl sites for hydroxylation is 2. The van der Waals surface area contributed by atoms with E-state index in [0.717, 1.165) is 17.9 Å². The van der Waals surface area contributed by atoms with E-state index >= 15 is 0 Å². The SMILES string of the molecule is Cc1cc(CC(N)C2CSc3ccccc32)n(C)n1. The summed E-state index contributed by atoms with van der Waals surface area (Å²) in [6.45, 7) is 2.02. The van der Waals surface area contributed by atoms with Gasteiger partial charge in [-0.2, -0.15) is 5.10 Å². The highest BCUT2D eigenvalue weighted by atomic mass is 32.2. The van der Waals surface area contributed by atoms with Crippen LogP contribution in [0.4, 0.5) is 0 Å². The summed E-state index contributed by atoms with van der Waals surface area (Å²) in [5.41, 5.74) is 10.1. The van der Waals surface area contributed by atoms with Gasteiger partial charge in [0.05, 0.1) is 5.69 Å². The minimum atomic E-state index is 0.158. The van der Waals surface area contributed by atoms with E-state index in [1.54, 1.807) is 0 Å². The molecule has 19 heavy (non-hydrogen) atoms. The summed E-state index contributed by atoms with van der Waals surface area (Å²) in [5.74, 6) is 1.55. The highest BCUT2D eigenvalue weighted by molar-refractivity contribution is 7.99. The number of hydrogen-bond donors (Lipinski definition) is 1. The summed E-state index contributed by atoms with van der Waals surface area (Å²) in [6.07, 6.45) is 0.886. The van der Waals surface area contributed by atoms with E-state index in [-0.39, 0.29) is 6.04 Å². The Hall–Kier alpha value is -1.26. The Kier molecular flexibility index (Phi) is 3.37. The predicted molar refractivity (Wildman–Crippen MR) is 79.5 cm³/mol. The van der Waals surface area contributed by atoms with Crippen LogP contribution >= 0.6 is 11.8 Å². The number of nitrogens with two attached hydrogens (primary N) is 1. The Morgan fingerprint density at radius 1 is 1.47 bits per heavy atom. The average Bonchev–Trinajstić information content (AvgIpc) is 2.93. The molecular weight excluding hydrogens is 254 g/mol. The zero-order chi connectivity index (χ0) is 13.4. The van der Waals surface area contributed by atoms with Crippen molar-refractivity contribution in [3.8, 4) is 0 Å². The molecule has 0 aliphatic carbocycles. The van der Waals surface area contributed by atoms with Gasteiger partial charge >= 0.3 is 0 Å². The summed E-state index contributed by atoms with van der Waals surface area (Å²) in [5, 5.41) is 4.39. The van der Waals surface area contributed by atoms with Crippen molar-refractivity contribution in [2.24, 2.45) is 12.8 Å². The molecule has 1 aromatic heterocycles. The van der Waals surface area contributed by atoms with Gasteiger partial charge in [-0.3, -0.25) is 4.68 Å². The number of benzene rings is 1. The highest BCUT2D eigenvalue weighted by Gasteiger charge is 2.28. The second-order valence-corrected chi connectivity index (χ2v) is 6.29. The standard InChI is InChI=1S/C15H19N3S/c1-10-7-11(18(2)17-10)8-14(16)13-9-19-15-6-4-3-5-12(13)15/h3-7,13-14H,8-9,16H2,1-2H3. The van der Waals surface area contributed by atoms with Gasteiger partial charge < -0.3 is 5.73 Å². The predicted octanol–water partition coefficient (Wildman–Crippen LogP) is 2.49. The van der Waals surface area contributed by atoms with Crippen LogP contribution in [0, 0.1) is 6.92 Å². The first-order chi connectivity index (χ1) is 9.15. The van der Waals surface area contributed by atoms with E-state index in [1.807, 2.05) is 30.4 Å². The smallest absolute Gasteiger partial charge is 0.0596 e. The first-order valence-corrected chi connectivity index (χ1v) is 7.60. The molecule has 2 atom stereocenters. The van der Waals surface area contributed by atoms with E-state index in [4.69, 9.17) is 5.73 Å². The highest BCUT2D eigenvalue weighted by Crippen LogP contribution is 2.41. The molecule has 2 unspecified atom stereocenters. The lowest BCUT2D eigenvalue weighted by molar-refractivity contribution is 0.547. The van der Waals surface area contributed by atoms with Gasteiger partial charge in [0.1, 0.15) is 0 Å². The van der Waals surface area contributed by atoms with Gasteiger partial charge in [0, 0.05) is 41.8 Å². The zero-order valence-corrected chi connectivity index (χ0v) is 12.2. The topological polar surface area (TPSA) is 43.8 Å². The van der Waals surface area contributed by atoms with Crippen molar-refractivity contribution < 1.29 is 0 Å². The second-order valence-electron chi connectivity index (χ2n) is 5.22. The first kappa shape index (κ1) is 12.8. The Bertz CT molecular complexity index is 591. The van der Waals surface area contributed by atoms with Gasteiger partial charge in [0.15, 0.2) is 0 Å². The summed E-state index contributed by atoms with van der Waals surface area (Å²) >= 11 is 1.92. The van der Waals surface area contributed by atoms with Gasteiger partial charge in [-0.25, -0.2) is 0 Å². The van der Waals surface area contributed by atoms with Crippen molar-refractivity contribution in [3.05, 3.63) is 47.3 Å². The second kappa shape index (κ2) is 5.02. The van der Waals surface area contributed by atoms with Crippen LogP contribution in [-0.2, 0) is 13.5 Å². The molecule has 100 valence electrons. The number of thioether (sulfide) groups is 1. The van der Waals surface area contributed by atoms with Crippen LogP contribution in [0.3, 0.4) is 0 Å². The van der Waals surface area contributed by atoms with Gasteiger partial charge in [0.25, 0.3) is 0 Å². The number of aromatic nitrogens is 2. The molecule has 0 spiro atoms. The van der Waals surface area contributed by atoms with Crippen molar-refractivity contribution in [3.63, 3.8) is 0 Å². The molecule has 0 saturated heterocycles. The molecule has 1 aliphatic rings. The third-order valence-electron chi connectivity index (χ3n) is 3.80. The monoisotopic (exact) mass is 273 g/mol. The molecule has 2 heterocycles. The number of fused-ring (bicyclic) bond motifs is 1. The summed E-state index contributed by atoms with van der Waals surface area (Å²) in [6, 6.07) is 10.9. The van der Waals surface area contributed by atoms with Gasteiger partial charge in [-0.05, 0) is 24.6 Å². The normalized spacial score (nSPS) is 19.4. The van der Waals surface area contributed by atoms with Crippen LogP contribution in [0.2, 0.25) is 0 Å². The molecule has 3 nitrogen and oxygen atoms in total. The fourth-order valence-electron chi connectivity index (χ4n) is 2.78. The molecule has 2 N–H and O–H groups in total. The first-order valence-electron chi connectivity index (χ1n) is 6.62. The van der Waals surface area contributed by atoms with Crippen LogP contribution in [0.5, 0.6) is 0 Å². The minimum Gasteiger partial charge on any atom is -0.327 e. The maximum absolute atomic E-state index is 6.45. The molecular formula is C15H19N3S. The lowest BCUT2D eigenvalue weighted by Gasteiger charge is -2.19. The lowest BCUT2D eigenvalue weighted by Crippen LogP contribution is -2.31.